The van der Waals surface area contributed by atoms with Gasteiger partial charge in [0.05, 0.1) is 6.04 Å². The van der Waals surface area contributed by atoms with Crippen LogP contribution in [0.5, 0.6) is 0 Å². The molecule has 1 unspecified atom stereocenters. The van der Waals surface area contributed by atoms with E-state index >= 15 is 0 Å². The van der Waals surface area contributed by atoms with Crippen molar-refractivity contribution >= 4 is 5.97 Å². The van der Waals surface area contributed by atoms with Crippen LogP contribution in [0.1, 0.15) is 43.2 Å². The number of hydrogen-bond donors (Lipinski definition) is 1. The van der Waals surface area contributed by atoms with Gasteiger partial charge in [0.25, 0.3) is 0 Å². The van der Waals surface area contributed by atoms with Crippen molar-refractivity contribution in [3.63, 3.8) is 0 Å². The summed E-state index contributed by atoms with van der Waals surface area (Å²) in [6, 6.07) is 0.0808. The molecule has 0 aromatic carbocycles. The minimum Gasteiger partial charge on any atom is -0.476 e. The minimum atomic E-state index is -1.09. The maximum atomic E-state index is 11.3. The molecule has 0 spiro atoms. The Morgan fingerprint density at radius 1 is 1.53 bits per heavy atom. The summed E-state index contributed by atoms with van der Waals surface area (Å²) in [4.78, 5) is 15.5. The molecule has 0 amide bonds. The normalized spacial score (nSPS) is 12.6. The van der Waals surface area contributed by atoms with E-state index < -0.39 is 5.97 Å². The van der Waals surface area contributed by atoms with Crippen LogP contribution < -0.4 is 0 Å². The summed E-state index contributed by atoms with van der Waals surface area (Å²) in [6.07, 6.45) is 5.29. The van der Waals surface area contributed by atoms with Crippen molar-refractivity contribution in [3.8, 4) is 11.5 Å². The fourth-order valence-corrected chi connectivity index (χ4v) is 2.09. The van der Waals surface area contributed by atoms with E-state index in [0.29, 0.717) is 11.5 Å². The highest BCUT2D eigenvalue weighted by Gasteiger charge is 2.25. The van der Waals surface area contributed by atoms with E-state index in [1.165, 1.54) is 0 Å². The number of aromatic carboxylic acids is 1. The van der Waals surface area contributed by atoms with Crippen LogP contribution in [0.3, 0.4) is 0 Å². The quantitative estimate of drug-likeness (QED) is 0.888. The zero-order valence-corrected chi connectivity index (χ0v) is 11.2. The van der Waals surface area contributed by atoms with Gasteiger partial charge in [-0.05, 0) is 13.3 Å². The van der Waals surface area contributed by atoms with E-state index in [1.807, 2.05) is 14.0 Å². The Hall–Kier alpha value is -2.18. The van der Waals surface area contributed by atoms with E-state index in [2.05, 4.69) is 22.2 Å². The molecule has 0 aliphatic carbocycles. The molecule has 0 radical (unpaired) electrons. The van der Waals surface area contributed by atoms with Crippen LogP contribution in [0.4, 0.5) is 0 Å². The molecule has 0 bridgehead atoms. The summed E-state index contributed by atoms with van der Waals surface area (Å²) < 4.78 is 3.41. The van der Waals surface area contributed by atoms with Gasteiger partial charge in [0.1, 0.15) is 5.69 Å². The average molecular weight is 263 g/mol. The van der Waals surface area contributed by atoms with Crippen LogP contribution in [0, 0.1) is 0 Å². The first kappa shape index (κ1) is 13.3. The Balaban J connectivity index is 2.58. The topological polar surface area (TPSA) is 85.8 Å². The largest absolute Gasteiger partial charge is 0.476 e. The number of hydrogen-bond acceptors (Lipinski definition) is 4. The summed E-state index contributed by atoms with van der Waals surface area (Å²) in [5, 5.41) is 17.0. The molecule has 0 saturated heterocycles. The van der Waals surface area contributed by atoms with Crippen molar-refractivity contribution in [2.45, 2.75) is 32.7 Å². The Morgan fingerprint density at radius 3 is 2.79 bits per heavy atom. The van der Waals surface area contributed by atoms with Gasteiger partial charge in [-0.25, -0.2) is 14.5 Å². The number of carboxylic acids is 1. The third-order valence-corrected chi connectivity index (χ3v) is 3.05. The number of carboxylic acid groups (broad SMARTS) is 1. The zero-order valence-electron chi connectivity index (χ0n) is 11.2. The summed E-state index contributed by atoms with van der Waals surface area (Å²) in [5.41, 5.74) is 0.401. The highest BCUT2D eigenvalue weighted by atomic mass is 16.4. The van der Waals surface area contributed by atoms with Crippen LogP contribution >= 0.6 is 0 Å². The van der Waals surface area contributed by atoms with E-state index in [-0.39, 0.29) is 11.7 Å². The number of imidazole rings is 1. The predicted octanol–water partition coefficient (Wildman–Crippen LogP) is 1.74. The Labute approximate surface area is 110 Å². The van der Waals surface area contributed by atoms with E-state index in [0.717, 1.165) is 12.8 Å². The molecule has 0 aliphatic heterocycles. The van der Waals surface area contributed by atoms with Gasteiger partial charge >= 0.3 is 5.97 Å². The second-order valence-electron chi connectivity index (χ2n) is 4.54. The monoisotopic (exact) mass is 263 g/mol. The lowest BCUT2D eigenvalue weighted by atomic mass is 10.2. The molecular weight excluding hydrogens is 246 g/mol. The lowest BCUT2D eigenvalue weighted by Gasteiger charge is -2.13. The van der Waals surface area contributed by atoms with Crippen molar-refractivity contribution in [2.75, 3.05) is 0 Å². The number of aryl methyl sites for hydroxylation is 1. The maximum absolute atomic E-state index is 11.3. The smallest absolute Gasteiger partial charge is 0.358 e. The summed E-state index contributed by atoms with van der Waals surface area (Å²) in [6.45, 7) is 4.07. The van der Waals surface area contributed by atoms with E-state index in [1.54, 1.807) is 21.6 Å². The lowest BCUT2D eigenvalue weighted by molar-refractivity contribution is 0.0691. The Morgan fingerprint density at radius 2 is 2.26 bits per heavy atom. The Kier molecular flexibility index (Phi) is 3.64. The molecule has 2 aromatic heterocycles. The van der Waals surface area contributed by atoms with E-state index in [9.17, 15) is 9.90 Å². The van der Waals surface area contributed by atoms with Gasteiger partial charge in [-0.2, -0.15) is 0 Å². The SMILES string of the molecule is CCCC(C)n1nnc(C(=O)O)c1-c1nccn1C. The van der Waals surface area contributed by atoms with Crippen LogP contribution in [-0.4, -0.2) is 35.6 Å². The lowest BCUT2D eigenvalue weighted by Crippen LogP contribution is -2.11. The van der Waals surface area contributed by atoms with Gasteiger partial charge in [0, 0.05) is 19.4 Å². The van der Waals surface area contributed by atoms with Crippen molar-refractivity contribution in [2.24, 2.45) is 7.05 Å². The fourth-order valence-electron chi connectivity index (χ4n) is 2.09. The molecule has 102 valence electrons. The maximum Gasteiger partial charge on any atom is 0.358 e. The highest BCUT2D eigenvalue weighted by molar-refractivity contribution is 5.91. The van der Waals surface area contributed by atoms with Gasteiger partial charge in [0.15, 0.2) is 5.82 Å². The molecule has 0 aliphatic rings. The molecule has 1 N–H and O–H groups in total. The number of aromatic nitrogens is 5. The molecule has 0 fully saturated rings. The van der Waals surface area contributed by atoms with Crippen molar-refractivity contribution < 1.29 is 9.90 Å². The second-order valence-corrected chi connectivity index (χ2v) is 4.54. The van der Waals surface area contributed by atoms with E-state index in [4.69, 9.17) is 0 Å². The first-order valence-electron chi connectivity index (χ1n) is 6.22. The summed E-state index contributed by atoms with van der Waals surface area (Å²) in [5.74, 6) is -0.529. The van der Waals surface area contributed by atoms with Gasteiger partial charge < -0.3 is 9.67 Å². The molecule has 2 heterocycles. The molecule has 2 aromatic rings. The van der Waals surface area contributed by atoms with Crippen LogP contribution in [0.25, 0.3) is 11.5 Å². The number of carbonyl (C=O) groups is 1. The third-order valence-electron chi connectivity index (χ3n) is 3.05. The predicted molar refractivity (Wildman–Crippen MR) is 68.8 cm³/mol. The minimum absolute atomic E-state index is 0.0581. The van der Waals surface area contributed by atoms with Gasteiger partial charge in [-0.3, -0.25) is 0 Å². The van der Waals surface area contributed by atoms with Gasteiger partial charge in [-0.15, -0.1) is 5.10 Å². The third kappa shape index (κ3) is 2.35. The van der Waals surface area contributed by atoms with Crippen molar-refractivity contribution in [1.29, 1.82) is 0 Å². The summed E-state index contributed by atoms with van der Waals surface area (Å²) >= 11 is 0. The molecule has 1 atom stereocenters. The van der Waals surface area contributed by atoms with Crippen LogP contribution in [0.15, 0.2) is 12.4 Å². The van der Waals surface area contributed by atoms with Crippen LogP contribution in [0.2, 0.25) is 0 Å². The first-order valence-corrected chi connectivity index (χ1v) is 6.22. The molecule has 7 heteroatoms. The molecule has 0 saturated carbocycles. The van der Waals surface area contributed by atoms with Crippen LogP contribution in [-0.2, 0) is 7.05 Å². The summed E-state index contributed by atoms with van der Waals surface area (Å²) in [7, 11) is 1.82. The van der Waals surface area contributed by atoms with Gasteiger partial charge in [0.2, 0.25) is 5.69 Å². The molecular formula is C12H17N5O2. The molecule has 2 rings (SSSR count). The van der Waals surface area contributed by atoms with Crippen molar-refractivity contribution in [3.05, 3.63) is 18.1 Å². The number of nitrogens with zero attached hydrogens (tertiary/aromatic N) is 5. The van der Waals surface area contributed by atoms with Crippen molar-refractivity contribution in [1.82, 2.24) is 24.5 Å². The standard InChI is InChI=1S/C12H17N5O2/c1-4-5-8(2)17-10(9(12(18)19)14-15-17)11-13-6-7-16(11)3/h6-8H,4-5H2,1-3H3,(H,18,19). The van der Waals surface area contributed by atoms with Gasteiger partial charge in [-0.1, -0.05) is 18.6 Å². The number of rotatable bonds is 5. The average Bonchev–Trinajstić information content (AvgIpc) is 2.94. The molecule has 19 heavy (non-hydrogen) atoms. The molecule has 7 nitrogen and oxygen atoms in total. The first-order chi connectivity index (χ1) is 9.06. The Bertz CT molecular complexity index is 587. The highest BCUT2D eigenvalue weighted by Crippen LogP contribution is 2.25. The fraction of sp³-hybridized carbons (Fsp3) is 0.500. The zero-order chi connectivity index (χ0) is 14.0. The second kappa shape index (κ2) is 5.21.